The van der Waals surface area contributed by atoms with E-state index in [4.69, 9.17) is 11.6 Å². The smallest absolute Gasteiger partial charge is 0.141 e. The summed E-state index contributed by atoms with van der Waals surface area (Å²) in [6.07, 6.45) is 0.677. The standard InChI is InChI=1S/C13H19ClFNO/c1-4-13(3,17)8-16-9(2)10-5-6-12(15)11(14)7-10/h5-7,9,16-17H,4,8H2,1-3H3. The van der Waals surface area contributed by atoms with Crippen molar-refractivity contribution in [3.05, 3.63) is 34.6 Å². The molecule has 0 spiro atoms. The Morgan fingerprint density at radius 2 is 2.18 bits per heavy atom. The van der Waals surface area contributed by atoms with Gasteiger partial charge in [0.25, 0.3) is 0 Å². The van der Waals surface area contributed by atoms with Crippen LogP contribution >= 0.6 is 11.6 Å². The van der Waals surface area contributed by atoms with Gasteiger partial charge >= 0.3 is 0 Å². The van der Waals surface area contributed by atoms with E-state index in [1.165, 1.54) is 6.07 Å². The van der Waals surface area contributed by atoms with E-state index in [9.17, 15) is 9.50 Å². The Morgan fingerprint density at radius 3 is 2.71 bits per heavy atom. The van der Waals surface area contributed by atoms with Gasteiger partial charge in [0.1, 0.15) is 5.82 Å². The molecule has 0 bridgehead atoms. The van der Waals surface area contributed by atoms with Crippen molar-refractivity contribution in [2.24, 2.45) is 0 Å². The summed E-state index contributed by atoms with van der Waals surface area (Å²) >= 11 is 5.72. The van der Waals surface area contributed by atoms with Crippen LogP contribution in [-0.2, 0) is 0 Å². The summed E-state index contributed by atoms with van der Waals surface area (Å²) in [6, 6.07) is 4.67. The van der Waals surface area contributed by atoms with Crippen LogP contribution in [0, 0.1) is 5.82 Å². The maximum atomic E-state index is 13.0. The third-order valence-electron chi connectivity index (χ3n) is 2.99. The Kier molecular flexibility index (Phi) is 4.92. The molecule has 2 nitrogen and oxygen atoms in total. The van der Waals surface area contributed by atoms with Crippen molar-refractivity contribution in [3.8, 4) is 0 Å². The van der Waals surface area contributed by atoms with Crippen LogP contribution in [0.2, 0.25) is 5.02 Å². The highest BCUT2D eigenvalue weighted by Crippen LogP contribution is 2.21. The highest BCUT2D eigenvalue weighted by molar-refractivity contribution is 6.30. The van der Waals surface area contributed by atoms with Gasteiger partial charge in [0.05, 0.1) is 10.6 Å². The predicted molar refractivity (Wildman–Crippen MR) is 68.7 cm³/mol. The number of benzene rings is 1. The molecule has 1 aromatic carbocycles. The third kappa shape index (κ3) is 4.26. The molecule has 0 radical (unpaired) electrons. The number of nitrogens with one attached hydrogen (secondary N) is 1. The van der Waals surface area contributed by atoms with Crippen LogP contribution < -0.4 is 5.32 Å². The van der Waals surface area contributed by atoms with Crippen molar-refractivity contribution in [2.75, 3.05) is 6.54 Å². The Balaban J connectivity index is 2.64. The molecule has 0 saturated heterocycles. The Bertz CT molecular complexity index is 382. The molecule has 0 fully saturated rings. The van der Waals surface area contributed by atoms with Gasteiger partial charge in [-0.25, -0.2) is 4.39 Å². The first kappa shape index (κ1) is 14.4. The van der Waals surface area contributed by atoms with Crippen LogP contribution in [0.3, 0.4) is 0 Å². The number of rotatable bonds is 5. The Hall–Kier alpha value is -0.640. The molecule has 2 unspecified atom stereocenters. The van der Waals surface area contributed by atoms with Gasteiger partial charge < -0.3 is 10.4 Å². The SMILES string of the molecule is CCC(C)(O)CNC(C)c1ccc(F)c(Cl)c1. The van der Waals surface area contributed by atoms with Crippen LogP contribution in [0.5, 0.6) is 0 Å². The lowest BCUT2D eigenvalue weighted by molar-refractivity contribution is 0.0533. The lowest BCUT2D eigenvalue weighted by atomic mass is 10.0. The fraction of sp³-hybridized carbons (Fsp3) is 0.538. The Labute approximate surface area is 107 Å². The molecule has 0 amide bonds. The van der Waals surface area contributed by atoms with Crippen molar-refractivity contribution in [1.29, 1.82) is 0 Å². The molecule has 1 aromatic rings. The zero-order valence-electron chi connectivity index (χ0n) is 10.4. The van der Waals surface area contributed by atoms with Crippen LogP contribution in [0.4, 0.5) is 4.39 Å². The fourth-order valence-electron chi connectivity index (χ4n) is 1.40. The molecule has 0 aromatic heterocycles. The number of halogens is 2. The summed E-state index contributed by atoms with van der Waals surface area (Å²) < 4.78 is 13.0. The minimum absolute atomic E-state index is 0.0196. The summed E-state index contributed by atoms with van der Waals surface area (Å²) in [5.41, 5.74) is 0.182. The number of hydrogen-bond acceptors (Lipinski definition) is 2. The molecule has 96 valence electrons. The molecule has 0 saturated carbocycles. The van der Waals surface area contributed by atoms with Gasteiger partial charge in [-0.2, -0.15) is 0 Å². The highest BCUT2D eigenvalue weighted by Gasteiger charge is 2.18. The zero-order chi connectivity index (χ0) is 13.1. The van der Waals surface area contributed by atoms with E-state index < -0.39 is 11.4 Å². The quantitative estimate of drug-likeness (QED) is 0.851. The van der Waals surface area contributed by atoms with E-state index in [-0.39, 0.29) is 11.1 Å². The summed E-state index contributed by atoms with van der Waals surface area (Å²) in [5, 5.41) is 13.2. The average Bonchev–Trinajstić information content (AvgIpc) is 2.30. The third-order valence-corrected chi connectivity index (χ3v) is 3.28. The van der Waals surface area contributed by atoms with Gasteiger partial charge in [0.15, 0.2) is 0 Å². The van der Waals surface area contributed by atoms with Crippen molar-refractivity contribution in [2.45, 2.75) is 38.8 Å². The van der Waals surface area contributed by atoms with Crippen molar-refractivity contribution >= 4 is 11.6 Å². The zero-order valence-corrected chi connectivity index (χ0v) is 11.2. The molecule has 2 atom stereocenters. The molecule has 2 N–H and O–H groups in total. The summed E-state index contributed by atoms with van der Waals surface area (Å²) in [5.74, 6) is -0.414. The lowest BCUT2D eigenvalue weighted by Crippen LogP contribution is -2.38. The van der Waals surface area contributed by atoms with E-state index in [1.54, 1.807) is 19.1 Å². The first-order chi connectivity index (χ1) is 7.85. The average molecular weight is 260 g/mol. The van der Waals surface area contributed by atoms with Gasteiger partial charge in [-0.05, 0) is 38.0 Å². The first-order valence-electron chi connectivity index (χ1n) is 5.76. The second kappa shape index (κ2) is 5.80. The number of aliphatic hydroxyl groups is 1. The normalized spacial score (nSPS) is 16.6. The Morgan fingerprint density at radius 1 is 1.53 bits per heavy atom. The first-order valence-corrected chi connectivity index (χ1v) is 6.14. The van der Waals surface area contributed by atoms with Crippen LogP contribution in [0.15, 0.2) is 18.2 Å². The van der Waals surface area contributed by atoms with Crippen LogP contribution in [-0.4, -0.2) is 17.3 Å². The van der Waals surface area contributed by atoms with Crippen LogP contribution in [0.1, 0.15) is 38.8 Å². The van der Waals surface area contributed by atoms with Gasteiger partial charge in [0.2, 0.25) is 0 Å². The second-order valence-corrected chi connectivity index (χ2v) is 5.03. The van der Waals surface area contributed by atoms with E-state index in [0.717, 1.165) is 5.56 Å². The molecule has 0 aliphatic rings. The summed E-state index contributed by atoms with van der Waals surface area (Å²) in [4.78, 5) is 0. The maximum Gasteiger partial charge on any atom is 0.141 e. The molecule has 0 aliphatic heterocycles. The maximum absolute atomic E-state index is 13.0. The molecule has 1 rings (SSSR count). The molecule has 4 heteroatoms. The molecule has 17 heavy (non-hydrogen) atoms. The van der Waals surface area contributed by atoms with Crippen molar-refractivity contribution in [1.82, 2.24) is 5.32 Å². The van der Waals surface area contributed by atoms with Crippen LogP contribution in [0.25, 0.3) is 0 Å². The largest absolute Gasteiger partial charge is 0.389 e. The summed E-state index contributed by atoms with van der Waals surface area (Å²) in [6.45, 7) is 6.15. The van der Waals surface area contributed by atoms with E-state index in [2.05, 4.69) is 5.32 Å². The predicted octanol–water partition coefficient (Wildman–Crippen LogP) is 3.29. The summed E-state index contributed by atoms with van der Waals surface area (Å²) in [7, 11) is 0. The topological polar surface area (TPSA) is 32.3 Å². The minimum Gasteiger partial charge on any atom is -0.389 e. The van der Waals surface area contributed by atoms with E-state index in [0.29, 0.717) is 13.0 Å². The molecular formula is C13H19ClFNO. The van der Waals surface area contributed by atoms with E-state index >= 15 is 0 Å². The van der Waals surface area contributed by atoms with Crippen molar-refractivity contribution < 1.29 is 9.50 Å². The van der Waals surface area contributed by atoms with Gasteiger partial charge in [-0.15, -0.1) is 0 Å². The van der Waals surface area contributed by atoms with Gasteiger partial charge in [0, 0.05) is 12.6 Å². The highest BCUT2D eigenvalue weighted by atomic mass is 35.5. The van der Waals surface area contributed by atoms with E-state index in [1.807, 2.05) is 13.8 Å². The van der Waals surface area contributed by atoms with Gasteiger partial charge in [-0.1, -0.05) is 24.6 Å². The molecule has 0 heterocycles. The minimum atomic E-state index is -0.724. The van der Waals surface area contributed by atoms with Crippen molar-refractivity contribution in [3.63, 3.8) is 0 Å². The second-order valence-electron chi connectivity index (χ2n) is 4.63. The number of hydrogen-bond donors (Lipinski definition) is 2. The fourth-order valence-corrected chi connectivity index (χ4v) is 1.59. The molecule has 0 aliphatic carbocycles. The van der Waals surface area contributed by atoms with Gasteiger partial charge in [-0.3, -0.25) is 0 Å². The lowest BCUT2D eigenvalue weighted by Gasteiger charge is -2.24. The monoisotopic (exact) mass is 259 g/mol. The molecular weight excluding hydrogens is 241 g/mol.